The van der Waals surface area contributed by atoms with E-state index in [0.717, 1.165) is 30.8 Å². The maximum Gasteiger partial charge on any atom is 0.0583 e. The third-order valence-corrected chi connectivity index (χ3v) is 5.43. The van der Waals surface area contributed by atoms with E-state index in [1.54, 1.807) is 0 Å². The molecule has 1 N–H and O–H groups in total. The number of rotatable bonds is 3. The Bertz CT molecular complexity index is 232. The van der Waals surface area contributed by atoms with E-state index in [2.05, 4.69) is 34.7 Å². The van der Waals surface area contributed by atoms with Crippen LogP contribution < -0.4 is 0 Å². The van der Waals surface area contributed by atoms with E-state index in [0.29, 0.717) is 11.3 Å². The molecule has 0 aromatic heterocycles. The molecular weight excluding hydrogens is 254 g/mol. The number of fused-ring (bicyclic) bond motifs is 1. The van der Waals surface area contributed by atoms with Crippen LogP contribution in [0.15, 0.2) is 0 Å². The quantitative estimate of drug-likeness (QED) is 0.798. The number of halogens is 1. The summed E-state index contributed by atoms with van der Waals surface area (Å²) in [5.41, 5.74) is 0.351. The van der Waals surface area contributed by atoms with Crippen LogP contribution >= 0.6 is 15.9 Å². The minimum absolute atomic E-state index is 0.0212. The van der Waals surface area contributed by atoms with E-state index in [4.69, 9.17) is 0 Å². The van der Waals surface area contributed by atoms with E-state index < -0.39 is 0 Å². The molecule has 1 saturated heterocycles. The van der Waals surface area contributed by atoms with Crippen molar-refractivity contribution in [2.75, 3.05) is 25.0 Å². The van der Waals surface area contributed by atoms with Crippen LogP contribution in [0.25, 0.3) is 0 Å². The number of aliphatic hydroxyl groups excluding tert-OH is 1. The van der Waals surface area contributed by atoms with Crippen LogP contribution in [-0.4, -0.2) is 41.1 Å². The van der Waals surface area contributed by atoms with Gasteiger partial charge in [-0.1, -0.05) is 29.8 Å². The summed E-state index contributed by atoms with van der Waals surface area (Å²) in [4.78, 5) is 2.54. The zero-order valence-corrected chi connectivity index (χ0v) is 11.3. The molecule has 2 nitrogen and oxygen atoms in total. The van der Waals surface area contributed by atoms with Crippen LogP contribution in [0.5, 0.6) is 0 Å². The Balaban J connectivity index is 1.88. The van der Waals surface area contributed by atoms with E-state index in [-0.39, 0.29) is 6.10 Å². The smallest absolute Gasteiger partial charge is 0.0583 e. The first-order valence-electron chi connectivity index (χ1n) is 5.98. The lowest BCUT2D eigenvalue weighted by Gasteiger charge is -2.29. The van der Waals surface area contributed by atoms with Crippen molar-refractivity contribution in [3.63, 3.8) is 0 Å². The first-order chi connectivity index (χ1) is 7.02. The fourth-order valence-corrected chi connectivity index (χ4v) is 3.28. The largest absolute Gasteiger partial charge is 0.393 e. The normalized spacial score (nSPS) is 37.2. The summed E-state index contributed by atoms with van der Waals surface area (Å²) < 4.78 is 0. The van der Waals surface area contributed by atoms with Gasteiger partial charge in [-0.3, -0.25) is 0 Å². The van der Waals surface area contributed by atoms with Gasteiger partial charge in [-0.15, -0.1) is 0 Å². The highest BCUT2D eigenvalue weighted by molar-refractivity contribution is 9.09. The molecule has 88 valence electrons. The molecule has 2 aliphatic rings. The Hall–Kier alpha value is 0.400. The molecule has 1 aliphatic heterocycles. The highest BCUT2D eigenvalue weighted by Crippen LogP contribution is 2.39. The topological polar surface area (TPSA) is 23.5 Å². The predicted molar refractivity (Wildman–Crippen MR) is 66.2 cm³/mol. The van der Waals surface area contributed by atoms with Gasteiger partial charge < -0.3 is 10.0 Å². The molecule has 3 heteroatoms. The van der Waals surface area contributed by atoms with Gasteiger partial charge in [-0.2, -0.15) is 0 Å². The lowest BCUT2D eigenvalue weighted by atomic mass is 9.96. The molecule has 1 heterocycles. The monoisotopic (exact) mass is 275 g/mol. The molecule has 0 amide bonds. The van der Waals surface area contributed by atoms with Crippen LogP contribution in [-0.2, 0) is 0 Å². The van der Waals surface area contributed by atoms with Gasteiger partial charge in [0.2, 0.25) is 0 Å². The number of aliphatic hydroxyl groups is 1. The summed E-state index contributed by atoms with van der Waals surface area (Å²) in [5.74, 6) is 1.34. The Morgan fingerprint density at radius 3 is 2.67 bits per heavy atom. The Labute approximate surface area is 101 Å². The van der Waals surface area contributed by atoms with Crippen molar-refractivity contribution in [3.05, 3.63) is 0 Å². The molecule has 1 saturated carbocycles. The van der Waals surface area contributed by atoms with Gasteiger partial charge in [0.25, 0.3) is 0 Å². The summed E-state index contributed by atoms with van der Waals surface area (Å²) in [7, 11) is 0. The van der Waals surface area contributed by atoms with E-state index in [9.17, 15) is 5.11 Å². The highest BCUT2D eigenvalue weighted by Gasteiger charge is 2.42. The number of likely N-dealkylation sites (tertiary alicyclic amines) is 1. The first-order valence-corrected chi connectivity index (χ1v) is 7.10. The third kappa shape index (κ3) is 2.56. The molecule has 0 aromatic rings. The van der Waals surface area contributed by atoms with Crippen LogP contribution in [0.2, 0.25) is 0 Å². The molecule has 0 aromatic carbocycles. The second kappa shape index (κ2) is 4.34. The third-order valence-electron chi connectivity index (χ3n) is 3.91. The van der Waals surface area contributed by atoms with Gasteiger partial charge in [-0.25, -0.2) is 0 Å². The summed E-state index contributed by atoms with van der Waals surface area (Å²) in [6, 6.07) is 0. The maximum absolute atomic E-state index is 9.84. The fourth-order valence-electron chi connectivity index (χ4n) is 3.11. The van der Waals surface area contributed by atoms with Crippen molar-refractivity contribution < 1.29 is 5.11 Å². The second-order valence-corrected chi connectivity index (χ2v) is 6.62. The van der Waals surface area contributed by atoms with E-state index >= 15 is 0 Å². The fraction of sp³-hybridized carbons (Fsp3) is 1.00. The van der Waals surface area contributed by atoms with Gasteiger partial charge in [-0.05, 0) is 24.2 Å². The van der Waals surface area contributed by atoms with Crippen LogP contribution in [0, 0.1) is 17.3 Å². The average Bonchev–Trinajstić information content (AvgIpc) is 2.69. The van der Waals surface area contributed by atoms with Gasteiger partial charge in [0.1, 0.15) is 0 Å². The Morgan fingerprint density at radius 2 is 2.07 bits per heavy atom. The molecule has 0 radical (unpaired) electrons. The minimum Gasteiger partial charge on any atom is -0.393 e. The highest BCUT2D eigenvalue weighted by atomic mass is 79.9. The zero-order chi connectivity index (χ0) is 11.1. The van der Waals surface area contributed by atoms with Crippen LogP contribution in [0.3, 0.4) is 0 Å². The maximum atomic E-state index is 9.84. The van der Waals surface area contributed by atoms with E-state index in [1.807, 2.05) is 0 Å². The standard InChI is InChI=1S/C12H22BrNO/c1-12(2,7-13)8-14-5-9-3-4-11(15)10(9)6-14/h9-11,15H,3-8H2,1-2H3. The first kappa shape index (κ1) is 11.9. The zero-order valence-electron chi connectivity index (χ0n) is 9.75. The van der Waals surface area contributed by atoms with E-state index in [1.165, 1.54) is 13.0 Å². The van der Waals surface area contributed by atoms with Gasteiger partial charge in [0.15, 0.2) is 0 Å². The summed E-state index contributed by atoms with van der Waals surface area (Å²) in [5, 5.41) is 10.9. The Kier molecular flexibility index (Phi) is 3.44. The van der Waals surface area contributed by atoms with Crippen LogP contribution in [0.1, 0.15) is 26.7 Å². The summed E-state index contributed by atoms with van der Waals surface area (Å²) >= 11 is 3.58. The molecule has 0 bridgehead atoms. The lowest BCUT2D eigenvalue weighted by Crippen LogP contribution is -2.35. The van der Waals surface area contributed by atoms with Crippen molar-refractivity contribution in [3.8, 4) is 0 Å². The molecule has 2 rings (SSSR count). The number of alkyl halides is 1. The predicted octanol–water partition coefficient (Wildman–Crippen LogP) is 2.11. The molecule has 3 unspecified atom stereocenters. The molecular formula is C12H22BrNO. The average molecular weight is 276 g/mol. The van der Waals surface area contributed by atoms with Crippen LogP contribution in [0.4, 0.5) is 0 Å². The number of hydrogen-bond donors (Lipinski definition) is 1. The van der Waals surface area contributed by atoms with Gasteiger partial charge in [0, 0.05) is 30.9 Å². The van der Waals surface area contributed by atoms with Crippen molar-refractivity contribution in [1.29, 1.82) is 0 Å². The minimum atomic E-state index is -0.0212. The van der Waals surface area contributed by atoms with Crippen molar-refractivity contribution in [1.82, 2.24) is 4.90 Å². The molecule has 1 aliphatic carbocycles. The number of nitrogens with zero attached hydrogens (tertiary/aromatic N) is 1. The van der Waals surface area contributed by atoms with Gasteiger partial charge >= 0.3 is 0 Å². The van der Waals surface area contributed by atoms with Gasteiger partial charge in [0.05, 0.1) is 6.10 Å². The summed E-state index contributed by atoms with van der Waals surface area (Å²) in [6.45, 7) is 8.07. The van der Waals surface area contributed by atoms with Crippen molar-refractivity contribution in [2.24, 2.45) is 17.3 Å². The molecule has 2 fully saturated rings. The molecule has 3 atom stereocenters. The second-order valence-electron chi connectivity index (χ2n) is 6.06. The van der Waals surface area contributed by atoms with Crippen molar-refractivity contribution >= 4 is 15.9 Å². The summed E-state index contributed by atoms with van der Waals surface area (Å²) in [6.07, 6.45) is 2.24. The van der Waals surface area contributed by atoms with Crippen molar-refractivity contribution in [2.45, 2.75) is 32.8 Å². The SMILES string of the molecule is CC(C)(CBr)CN1CC2CCC(O)C2C1. The lowest BCUT2D eigenvalue weighted by molar-refractivity contribution is 0.119. The Morgan fingerprint density at radius 1 is 1.33 bits per heavy atom. The molecule has 0 spiro atoms. The molecule has 15 heavy (non-hydrogen) atoms. The number of hydrogen-bond acceptors (Lipinski definition) is 2.